The molecule has 0 aromatic heterocycles. The molecule has 0 bridgehead atoms. The van der Waals surface area contributed by atoms with Crippen molar-refractivity contribution in [2.24, 2.45) is 0 Å². The molecule has 0 radical (unpaired) electrons. The highest BCUT2D eigenvalue weighted by atomic mass is 32.2. The van der Waals surface area contributed by atoms with Crippen molar-refractivity contribution in [3.63, 3.8) is 0 Å². The van der Waals surface area contributed by atoms with Gasteiger partial charge in [0.25, 0.3) is 0 Å². The molecule has 1 heterocycles. The third kappa shape index (κ3) is 5.20. The van der Waals surface area contributed by atoms with Crippen molar-refractivity contribution in [1.29, 1.82) is 0 Å². The van der Waals surface area contributed by atoms with Gasteiger partial charge in [-0.15, -0.1) is 0 Å². The van der Waals surface area contributed by atoms with Crippen LogP contribution in [0.3, 0.4) is 0 Å². The van der Waals surface area contributed by atoms with E-state index in [-0.39, 0.29) is 5.75 Å². The molecular weight excluding hydrogens is 288 g/mol. The van der Waals surface area contributed by atoms with E-state index >= 15 is 0 Å². The number of hydrogen-bond donors (Lipinski definition) is 1. The Kier molecular flexibility index (Phi) is 6.26. The van der Waals surface area contributed by atoms with Crippen LogP contribution in [0.25, 0.3) is 0 Å². The monoisotopic (exact) mass is 305 g/mol. The number of halogens is 2. The van der Waals surface area contributed by atoms with Gasteiger partial charge in [0, 0.05) is 41.2 Å². The highest BCUT2D eigenvalue weighted by Gasteiger charge is 2.14. The van der Waals surface area contributed by atoms with Gasteiger partial charge in [0.15, 0.2) is 0 Å². The van der Waals surface area contributed by atoms with Crippen LogP contribution in [0.2, 0.25) is 0 Å². The average Bonchev–Trinajstić information content (AvgIpc) is 2.41. The minimum atomic E-state index is -2.77. The Bertz CT molecular complexity index is 387. The third-order valence-electron chi connectivity index (χ3n) is 2.76. The van der Waals surface area contributed by atoms with Gasteiger partial charge >= 0.3 is 6.61 Å². The van der Waals surface area contributed by atoms with Crippen LogP contribution in [0.1, 0.15) is 5.56 Å². The first-order valence-electron chi connectivity index (χ1n) is 6.18. The van der Waals surface area contributed by atoms with E-state index in [1.54, 1.807) is 12.1 Å². The zero-order valence-corrected chi connectivity index (χ0v) is 12.1. The highest BCUT2D eigenvalue weighted by molar-refractivity contribution is 8.06. The molecule has 106 valence electrons. The van der Waals surface area contributed by atoms with Crippen molar-refractivity contribution in [1.82, 2.24) is 5.32 Å². The molecule has 19 heavy (non-hydrogen) atoms. The van der Waals surface area contributed by atoms with Crippen molar-refractivity contribution in [2.45, 2.75) is 18.4 Å². The van der Waals surface area contributed by atoms with Crippen molar-refractivity contribution < 1.29 is 13.5 Å². The lowest BCUT2D eigenvalue weighted by Crippen LogP contribution is -2.28. The van der Waals surface area contributed by atoms with Crippen LogP contribution in [-0.2, 0) is 6.54 Å². The first-order valence-corrected chi connectivity index (χ1v) is 8.39. The van der Waals surface area contributed by atoms with Gasteiger partial charge in [0.2, 0.25) is 0 Å². The second-order valence-electron chi connectivity index (χ2n) is 4.18. The molecule has 1 aromatic carbocycles. The zero-order chi connectivity index (χ0) is 13.5. The van der Waals surface area contributed by atoms with E-state index in [1.807, 2.05) is 35.7 Å². The van der Waals surface area contributed by atoms with Crippen LogP contribution in [-0.4, -0.2) is 35.7 Å². The van der Waals surface area contributed by atoms with Gasteiger partial charge < -0.3 is 10.1 Å². The number of thioether (sulfide) groups is 2. The maximum Gasteiger partial charge on any atom is 0.387 e. The number of rotatable bonds is 6. The maximum absolute atomic E-state index is 12.3. The Balaban J connectivity index is 1.81. The molecule has 6 heteroatoms. The molecular formula is C13H17F2NOS2. The first-order chi connectivity index (χ1) is 9.25. The van der Waals surface area contributed by atoms with Gasteiger partial charge in [-0.05, 0) is 6.07 Å². The van der Waals surface area contributed by atoms with Gasteiger partial charge in [-0.25, -0.2) is 0 Å². The fraction of sp³-hybridized carbons (Fsp3) is 0.538. The van der Waals surface area contributed by atoms with E-state index in [1.165, 1.54) is 11.5 Å². The molecule has 1 aliphatic heterocycles. The fourth-order valence-electron chi connectivity index (χ4n) is 1.88. The lowest BCUT2D eigenvalue weighted by atomic mass is 10.2. The molecule has 0 amide bonds. The summed E-state index contributed by atoms with van der Waals surface area (Å²) in [6.07, 6.45) is 0. The number of ether oxygens (including phenoxy) is 1. The number of para-hydroxylation sites is 1. The first kappa shape index (κ1) is 14.9. The number of benzene rings is 1. The smallest absolute Gasteiger partial charge is 0.387 e. The zero-order valence-electron chi connectivity index (χ0n) is 10.5. The van der Waals surface area contributed by atoms with E-state index in [9.17, 15) is 8.78 Å². The molecule has 1 saturated heterocycles. The molecule has 0 aliphatic carbocycles. The van der Waals surface area contributed by atoms with Gasteiger partial charge in [-0.3, -0.25) is 0 Å². The van der Waals surface area contributed by atoms with Gasteiger partial charge in [0.1, 0.15) is 5.75 Å². The van der Waals surface area contributed by atoms with Crippen molar-refractivity contribution >= 4 is 23.5 Å². The summed E-state index contributed by atoms with van der Waals surface area (Å²) in [6, 6.07) is 6.93. The Hall–Kier alpha value is -0.460. The van der Waals surface area contributed by atoms with Crippen molar-refractivity contribution in [3.8, 4) is 5.75 Å². The van der Waals surface area contributed by atoms with Crippen molar-refractivity contribution in [2.75, 3.05) is 23.8 Å². The maximum atomic E-state index is 12.3. The molecule has 0 spiro atoms. The topological polar surface area (TPSA) is 21.3 Å². The molecule has 0 saturated carbocycles. The van der Waals surface area contributed by atoms with Crippen LogP contribution in [0.15, 0.2) is 24.3 Å². The number of nitrogens with one attached hydrogen (secondary N) is 1. The van der Waals surface area contributed by atoms with Crippen LogP contribution in [0, 0.1) is 0 Å². The average molecular weight is 305 g/mol. The molecule has 1 unspecified atom stereocenters. The lowest BCUT2D eigenvalue weighted by Gasteiger charge is -2.21. The number of alkyl halides is 2. The number of hydrogen-bond acceptors (Lipinski definition) is 4. The summed E-state index contributed by atoms with van der Waals surface area (Å²) >= 11 is 3.95. The summed E-state index contributed by atoms with van der Waals surface area (Å²) in [5.41, 5.74) is 0.774. The minimum Gasteiger partial charge on any atom is -0.434 e. The quantitative estimate of drug-likeness (QED) is 0.871. The van der Waals surface area contributed by atoms with Gasteiger partial charge in [-0.1, -0.05) is 18.2 Å². The molecule has 2 rings (SSSR count). The summed E-state index contributed by atoms with van der Waals surface area (Å²) in [7, 11) is 0. The molecule has 1 aromatic rings. The molecule has 1 fully saturated rings. The summed E-state index contributed by atoms with van der Waals surface area (Å²) < 4.78 is 29.0. The molecule has 2 nitrogen and oxygen atoms in total. The summed E-state index contributed by atoms with van der Waals surface area (Å²) in [6.45, 7) is -1.31. The van der Waals surface area contributed by atoms with E-state index in [0.29, 0.717) is 11.8 Å². The van der Waals surface area contributed by atoms with Gasteiger partial charge in [-0.2, -0.15) is 32.3 Å². The largest absolute Gasteiger partial charge is 0.434 e. The summed E-state index contributed by atoms with van der Waals surface area (Å²) in [5.74, 6) is 3.84. The normalized spacial score (nSPS) is 19.6. The van der Waals surface area contributed by atoms with Crippen LogP contribution in [0.5, 0.6) is 5.75 Å². The minimum absolute atomic E-state index is 0.260. The second kappa shape index (κ2) is 7.97. The van der Waals surface area contributed by atoms with Crippen molar-refractivity contribution in [3.05, 3.63) is 29.8 Å². The van der Waals surface area contributed by atoms with Crippen LogP contribution >= 0.6 is 23.5 Å². The Morgan fingerprint density at radius 3 is 2.89 bits per heavy atom. The van der Waals surface area contributed by atoms with E-state index < -0.39 is 6.61 Å². The summed E-state index contributed by atoms with van der Waals surface area (Å²) in [4.78, 5) is 0. The van der Waals surface area contributed by atoms with E-state index in [2.05, 4.69) is 10.1 Å². The standard InChI is InChI=1S/C13H17F2NOS2/c14-13(15)17-12-4-2-1-3-10(12)7-16-8-11-9-18-5-6-19-11/h1-4,11,13,16H,5-9H2. The predicted molar refractivity (Wildman–Crippen MR) is 78.4 cm³/mol. The van der Waals surface area contributed by atoms with Crippen LogP contribution < -0.4 is 10.1 Å². The molecule has 1 aliphatic rings. The van der Waals surface area contributed by atoms with Crippen LogP contribution in [0.4, 0.5) is 8.78 Å². The molecule has 1 atom stereocenters. The fourth-order valence-corrected chi connectivity index (χ4v) is 4.53. The Labute approximate surface area is 120 Å². The summed E-state index contributed by atoms with van der Waals surface area (Å²) in [5, 5.41) is 3.94. The lowest BCUT2D eigenvalue weighted by molar-refractivity contribution is -0.0504. The van der Waals surface area contributed by atoms with E-state index in [0.717, 1.165) is 17.9 Å². The Morgan fingerprint density at radius 1 is 1.32 bits per heavy atom. The predicted octanol–water partition coefficient (Wildman–Crippen LogP) is 3.23. The SMILES string of the molecule is FC(F)Oc1ccccc1CNCC1CSCCS1. The third-order valence-corrected chi connectivity index (χ3v) is 5.61. The highest BCUT2D eigenvalue weighted by Crippen LogP contribution is 2.24. The Morgan fingerprint density at radius 2 is 2.16 bits per heavy atom. The van der Waals surface area contributed by atoms with E-state index in [4.69, 9.17) is 0 Å². The van der Waals surface area contributed by atoms with Gasteiger partial charge in [0.05, 0.1) is 0 Å². The molecule has 1 N–H and O–H groups in total. The second-order valence-corrected chi connectivity index (χ2v) is 6.74.